The Hall–Kier alpha value is -1.99. The number of nitrogens with zero attached hydrogens (tertiary/aromatic N) is 1. The summed E-state index contributed by atoms with van der Waals surface area (Å²) in [5.74, 6) is -1.30. The van der Waals surface area contributed by atoms with Gasteiger partial charge in [-0.05, 0) is 27.2 Å². The third kappa shape index (κ3) is 9.84. The molecule has 126 valence electrons. The monoisotopic (exact) mass is 316 g/mol. The number of hydrogen-bond donors (Lipinski definition) is 1. The largest absolute Gasteiger partial charge is 0.464 e. The highest BCUT2D eigenvalue weighted by Crippen LogP contribution is 2.08. The van der Waals surface area contributed by atoms with Gasteiger partial charge in [-0.15, -0.1) is 0 Å². The topological polar surface area (TPSA) is 111 Å². The molecule has 0 radical (unpaired) electrons. The van der Waals surface area contributed by atoms with Crippen LogP contribution in [0.1, 0.15) is 47.0 Å². The van der Waals surface area contributed by atoms with Crippen molar-refractivity contribution < 1.29 is 23.9 Å². The standard InChI is InChI=1S/C14H24N2O6/c1-5-6-7-21-12(18)11(8-10(17)9-15-20)16-13(19)22-14(2,3)4/h11H,5-9H2,1-4H3,(H,16,19)/t11-/m0/s1. The summed E-state index contributed by atoms with van der Waals surface area (Å²) in [6.45, 7) is 6.58. The van der Waals surface area contributed by atoms with Crippen molar-refractivity contribution in [2.24, 2.45) is 5.18 Å². The lowest BCUT2D eigenvalue weighted by atomic mass is 10.1. The van der Waals surface area contributed by atoms with Crippen LogP contribution >= 0.6 is 0 Å². The van der Waals surface area contributed by atoms with Gasteiger partial charge in [-0.1, -0.05) is 18.5 Å². The van der Waals surface area contributed by atoms with Crippen LogP contribution in [0.15, 0.2) is 5.18 Å². The molecule has 0 bridgehead atoms. The van der Waals surface area contributed by atoms with E-state index in [0.717, 1.165) is 6.42 Å². The Morgan fingerprint density at radius 2 is 1.86 bits per heavy atom. The molecule has 0 saturated carbocycles. The van der Waals surface area contributed by atoms with E-state index in [1.165, 1.54) is 0 Å². The number of Topliss-reactive ketones (excluding diaryl/α,β-unsaturated/α-hetero) is 1. The number of ether oxygens (including phenoxy) is 2. The molecule has 0 aliphatic carbocycles. The van der Waals surface area contributed by atoms with Crippen molar-refractivity contribution in [3.8, 4) is 0 Å². The van der Waals surface area contributed by atoms with Crippen molar-refractivity contribution >= 4 is 17.8 Å². The van der Waals surface area contributed by atoms with Crippen molar-refractivity contribution in [3.63, 3.8) is 0 Å². The summed E-state index contributed by atoms with van der Waals surface area (Å²) in [4.78, 5) is 45.2. The number of ketones is 1. The molecule has 0 aromatic rings. The molecule has 1 N–H and O–H groups in total. The molecule has 0 fully saturated rings. The molecule has 8 nitrogen and oxygen atoms in total. The minimum Gasteiger partial charge on any atom is -0.464 e. The van der Waals surface area contributed by atoms with E-state index < -0.39 is 36.0 Å². The lowest BCUT2D eigenvalue weighted by Gasteiger charge is -2.22. The summed E-state index contributed by atoms with van der Waals surface area (Å²) >= 11 is 0. The van der Waals surface area contributed by atoms with Crippen LogP contribution in [-0.4, -0.2) is 42.6 Å². The van der Waals surface area contributed by atoms with Gasteiger partial charge in [-0.3, -0.25) is 4.79 Å². The first-order chi connectivity index (χ1) is 10.2. The van der Waals surface area contributed by atoms with Crippen LogP contribution in [0.25, 0.3) is 0 Å². The van der Waals surface area contributed by atoms with Crippen molar-refractivity contribution in [1.82, 2.24) is 5.32 Å². The molecular formula is C14H24N2O6. The molecule has 0 aliphatic heterocycles. The Bertz CT molecular complexity index is 403. The second-order valence-electron chi connectivity index (χ2n) is 5.75. The second-order valence-corrected chi connectivity index (χ2v) is 5.75. The Labute approximate surface area is 129 Å². The van der Waals surface area contributed by atoms with E-state index >= 15 is 0 Å². The van der Waals surface area contributed by atoms with E-state index in [1.54, 1.807) is 20.8 Å². The summed E-state index contributed by atoms with van der Waals surface area (Å²) in [5, 5.41) is 4.76. The Balaban J connectivity index is 4.70. The van der Waals surface area contributed by atoms with Crippen LogP contribution in [0, 0.1) is 4.91 Å². The minimum absolute atomic E-state index is 0.196. The van der Waals surface area contributed by atoms with Crippen molar-refractivity contribution in [2.75, 3.05) is 13.2 Å². The number of esters is 1. The first-order valence-corrected chi connectivity index (χ1v) is 7.16. The van der Waals surface area contributed by atoms with Crippen molar-refractivity contribution in [3.05, 3.63) is 4.91 Å². The van der Waals surface area contributed by atoms with E-state index in [2.05, 4.69) is 10.5 Å². The van der Waals surface area contributed by atoms with Gasteiger partial charge >= 0.3 is 12.1 Å². The van der Waals surface area contributed by atoms with Crippen LogP contribution in [0.5, 0.6) is 0 Å². The zero-order chi connectivity index (χ0) is 17.2. The van der Waals surface area contributed by atoms with E-state index in [9.17, 15) is 19.3 Å². The van der Waals surface area contributed by atoms with E-state index in [-0.39, 0.29) is 13.0 Å². The van der Waals surface area contributed by atoms with Gasteiger partial charge < -0.3 is 14.8 Å². The molecule has 0 aliphatic rings. The summed E-state index contributed by atoms with van der Waals surface area (Å²) in [6, 6.07) is -1.19. The van der Waals surface area contributed by atoms with Gasteiger partial charge in [-0.2, -0.15) is 4.91 Å². The van der Waals surface area contributed by atoms with Gasteiger partial charge in [0.05, 0.1) is 6.61 Å². The molecule has 22 heavy (non-hydrogen) atoms. The van der Waals surface area contributed by atoms with Crippen LogP contribution in [0.2, 0.25) is 0 Å². The predicted molar refractivity (Wildman–Crippen MR) is 79.3 cm³/mol. The summed E-state index contributed by atoms with van der Waals surface area (Å²) < 4.78 is 10.0. The molecule has 0 unspecified atom stereocenters. The molecule has 0 rings (SSSR count). The van der Waals surface area contributed by atoms with Gasteiger partial charge in [0.1, 0.15) is 18.2 Å². The third-order valence-electron chi connectivity index (χ3n) is 2.39. The zero-order valence-corrected chi connectivity index (χ0v) is 13.5. The SMILES string of the molecule is CCCCOC(=O)[C@H](CC(=O)CN=O)NC(=O)OC(C)(C)C. The number of hydrogen-bond acceptors (Lipinski definition) is 7. The fourth-order valence-electron chi connectivity index (χ4n) is 1.43. The van der Waals surface area contributed by atoms with Gasteiger partial charge in [-0.25, -0.2) is 9.59 Å². The summed E-state index contributed by atoms with van der Waals surface area (Å²) in [5.41, 5.74) is -0.741. The number of alkyl carbamates (subject to hydrolysis) is 1. The summed E-state index contributed by atoms with van der Waals surface area (Å²) in [6.07, 6.45) is 0.313. The number of unbranched alkanes of at least 4 members (excludes halogenated alkanes) is 1. The van der Waals surface area contributed by atoms with Gasteiger partial charge in [0.2, 0.25) is 0 Å². The summed E-state index contributed by atoms with van der Waals surface area (Å²) in [7, 11) is 0. The molecule has 8 heteroatoms. The Morgan fingerprint density at radius 1 is 1.23 bits per heavy atom. The maximum Gasteiger partial charge on any atom is 0.408 e. The predicted octanol–water partition coefficient (Wildman–Crippen LogP) is 1.95. The van der Waals surface area contributed by atoms with E-state index in [1.807, 2.05) is 6.92 Å². The maximum atomic E-state index is 11.9. The molecular weight excluding hydrogens is 292 g/mol. The van der Waals surface area contributed by atoms with Crippen LogP contribution in [0.4, 0.5) is 4.79 Å². The van der Waals surface area contributed by atoms with Crippen molar-refractivity contribution in [1.29, 1.82) is 0 Å². The zero-order valence-electron chi connectivity index (χ0n) is 13.5. The van der Waals surface area contributed by atoms with Crippen LogP contribution < -0.4 is 5.32 Å². The lowest BCUT2D eigenvalue weighted by molar-refractivity contribution is -0.147. The number of carbonyl (C=O) groups is 3. The fourth-order valence-corrected chi connectivity index (χ4v) is 1.43. The number of amides is 1. The number of nitroso groups, excluding NO2 is 1. The third-order valence-corrected chi connectivity index (χ3v) is 2.39. The van der Waals surface area contributed by atoms with Gasteiger partial charge in [0.25, 0.3) is 0 Å². The highest BCUT2D eigenvalue weighted by atomic mass is 16.6. The van der Waals surface area contributed by atoms with Crippen LogP contribution in [0.3, 0.4) is 0 Å². The number of carbonyl (C=O) groups excluding carboxylic acids is 3. The fraction of sp³-hybridized carbons (Fsp3) is 0.786. The molecule has 0 spiro atoms. The first kappa shape index (κ1) is 20.0. The van der Waals surface area contributed by atoms with Gasteiger partial charge in [0.15, 0.2) is 5.78 Å². The second kappa shape index (κ2) is 9.86. The number of nitrogens with one attached hydrogen (secondary N) is 1. The Morgan fingerprint density at radius 3 is 2.36 bits per heavy atom. The minimum atomic E-state index is -1.19. The van der Waals surface area contributed by atoms with Gasteiger partial charge in [0, 0.05) is 6.42 Å². The molecule has 0 aromatic carbocycles. The average molecular weight is 316 g/mol. The van der Waals surface area contributed by atoms with E-state index in [0.29, 0.717) is 6.42 Å². The smallest absolute Gasteiger partial charge is 0.408 e. The normalized spacial score (nSPS) is 12.2. The van der Waals surface area contributed by atoms with Crippen LogP contribution in [-0.2, 0) is 19.1 Å². The molecule has 1 amide bonds. The van der Waals surface area contributed by atoms with Crippen molar-refractivity contribution in [2.45, 2.75) is 58.6 Å². The maximum absolute atomic E-state index is 11.9. The first-order valence-electron chi connectivity index (χ1n) is 7.16. The lowest BCUT2D eigenvalue weighted by Crippen LogP contribution is -2.45. The molecule has 0 heterocycles. The highest BCUT2D eigenvalue weighted by molar-refractivity contribution is 5.89. The molecule has 0 aromatic heterocycles. The highest BCUT2D eigenvalue weighted by Gasteiger charge is 2.27. The Kier molecular flexibility index (Phi) is 8.97. The van der Waals surface area contributed by atoms with E-state index in [4.69, 9.17) is 9.47 Å². The molecule has 0 saturated heterocycles. The quantitative estimate of drug-likeness (QED) is 0.395. The molecule has 1 atom stereocenters. The number of rotatable bonds is 9. The average Bonchev–Trinajstić information content (AvgIpc) is 2.36.